The highest BCUT2D eigenvalue weighted by Crippen LogP contribution is 2.24. The van der Waals surface area contributed by atoms with Crippen molar-refractivity contribution in [2.45, 2.75) is 0 Å². The number of hydrogen-bond acceptors (Lipinski definition) is 6. The molecule has 2 heterocycles. The SMILES string of the molecule is CNc1ncnc(Nc2ccc(Br)cn2)c1N. The van der Waals surface area contributed by atoms with Crippen molar-refractivity contribution in [3.05, 3.63) is 29.1 Å². The first-order valence-electron chi connectivity index (χ1n) is 4.87. The second-order valence-electron chi connectivity index (χ2n) is 3.22. The van der Waals surface area contributed by atoms with Gasteiger partial charge in [0.05, 0.1) is 0 Å². The lowest BCUT2D eigenvalue weighted by molar-refractivity contribution is 1.15. The number of pyridine rings is 1. The molecule has 6 nitrogen and oxygen atoms in total. The van der Waals surface area contributed by atoms with Crippen LogP contribution in [-0.4, -0.2) is 22.0 Å². The van der Waals surface area contributed by atoms with Crippen LogP contribution >= 0.6 is 15.9 Å². The lowest BCUT2D eigenvalue weighted by Gasteiger charge is -2.09. The molecule has 0 aliphatic heterocycles. The maximum absolute atomic E-state index is 5.88. The van der Waals surface area contributed by atoms with Gasteiger partial charge in [0.2, 0.25) is 0 Å². The average molecular weight is 295 g/mol. The summed E-state index contributed by atoms with van der Waals surface area (Å²) >= 11 is 3.32. The van der Waals surface area contributed by atoms with Crippen LogP contribution in [-0.2, 0) is 0 Å². The molecule has 88 valence electrons. The van der Waals surface area contributed by atoms with E-state index < -0.39 is 0 Å². The number of hydrogen-bond donors (Lipinski definition) is 3. The van der Waals surface area contributed by atoms with Crippen LogP contribution in [0.15, 0.2) is 29.1 Å². The van der Waals surface area contributed by atoms with Gasteiger partial charge >= 0.3 is 0 Å². The number of nitrogen functional groups attached to an aromatic ring is 1. The van der Waals surface area contributed by atoms with Crippen molar-refractivity contribution >= 4 is 39.1 Å². The molecule has 0 aliphatic carbocycles. The van der Waals surface area contributed by atoms with Gasteiger partial charge in [0.1, 0.15) is 17.8 Å². The number of anilines is 4. The molecule has 0 aromatic carbocycles. The molecule has 17 heavy (non-hydrogen) atoms. The van der Waals surface area contributed by atoms with Crippen LogP contribution in [0.4, 0.5) is 23.1 Å². The lowest BCUT2D eigenvalue weighted by atomic mass is 10.4. The summed E-state index contributed by atoms with van der Waals surface area (Å²) in [5, 5.41) is 5.91. The van der Waals surface area contributed by atoms with Crippen molar-refractivity contribution in [1.82, 2.24) is 15.0 Å². The van der Waals surface area contributed by atoms with E-state index in [1.807, 2.05) is 12.1 Å². The monoisotopic (exact) mass is 294 g/mol. The number of nitrogens with zero attached hydrogens (tertiary/aromatic N) is 3. The molecule has 0 saturated carbocycles. The number of nitrogens with one attached hydrogen (secondary N) is 2. The maximum Gasteiger partial charge on any atom is 0.160 e. The Morgan fingerprint density at radius 1 is 1.18 bits per heavy atom. The van der Waals surface area contributed by atoms with E-state index in [9.17, 15) is 0 Å². The first kappa shape index (κ1) is 11.6. The Hall–Kier alpha value is -1.89. The molecule has 2 aromatic heterocycles. The van der Waals surface area contributed by atoms with E-state index >= 15 is 0 Å². The number of halogens is 1. The quantitative estimate of drug-likeness (QED) is 0.802. The number of nitrogens with two attached hydrogens (primary N) is 1. The van der Waals surface area contributed by atoms with Crippen LogP contribution in [0.1, 0.15) is 0 Å². The van der Waals surface area contributed by atoms with Gasteiger partial charge in [-0.25, -0.2) is 15.0 Å². The van der Waals surface area contributed by atoms with Gasteiger partial charge in [0.25, 0.3) is 0 Å². The van der Waals surface area contributed by atoms with Crippen LogP contribution in [0.5, 0.6) is 0 Å². The molecular weight excluding hydrogens is 284 g/mol. The Kier molecular flexibility index (Phi) is 3.38. The zero-order valence-electron chi connectivity index (χ0n) is 9.11. The summed E-state index contributed by atoms with van der Waals surface area (Å²) in [5.74, 6) is 1.78. The molecule has 2 rings (SSSR count). The van der Waals surface area contributed by atoms with Crippen LogP contribution in [0, 0.1) is 0 Å². The summed E-state index contributed by atoms with van der Waals surface area (Å²) in [6.07, 6.45) is 3.13. The summed E-state index contributed by atoms with van der Waals surface area (Å²) < 4.78 is 0.912. The first-order chi connectivity index (χ1) is 8.20. The van der Waals surface area contributed by atoms with E-state index in [0.29, 0.717) is 23.1 Å². The Morgan fingerprint density at radius 3 is 2.59 bits per heavy atom. The zero-order chi connectivity index (χ0) is 12.3. The Bertz CT molecular complexity index is 513. The second-order valence-corrected chi connectivity index (χ2v) is 4.14. The zero-order valence-corrected chi connectivity index (χ0v) is 10.7. The van der Waals surface area contributed by atoms with E-state index in [0.717, 1.165) is 4.47 Å². The normalized spacial score (nSPS) is 10.0. The van der Waals surface area contributed by atoms with Crippen LogP contribution in [0.2, 0.25) is 0 Å². The summed E-state index contributed by atoms with van der Waals surface area (Å²) in [6, 6.07) is 3.70. The predicted molar refractivity (Wildman–Crippen MR) is 71.2 cm³/mol. The van der Waals surface area contributed by atoms with Gasteiger partial charge < -0.3 is 16.4 Å². The first-order valence-corrected chi connectivity index (χ1v) is 5.67. The fourth-order valence-corrected chi connectivity index (χ4v) is 1.50. The molecule has 0 aliphatic rings. The standard InChI is InChI=1S/C10H11BrN6/c1-13-9-8(12)10(16-5-15-9)17-7-3-2-6(11)4-14-7/h2-5H,12H2,1H3,(H2,13,14,15,16,17). The minimum Gasteiger partial charge on any atom is -0.393 e. The molecule has 0 atom stereocenters. The summed E-state index contributed by atoms with van der Waals surface area (Å²) in [4.78, 5) is 12.2. The van der Waals surface area contributed by atoms with Crippen LogP contribution < -0.4 is 16.4 Å². The van der Waals surface area contributed by atoms with Crippen molar-refractivity contribution in [2.75, 3.05) is 23.4 Å². The van der Waals surface area contributed by atoms with Gasteiger partial charge in [0.15, 0.2) is 11.6 Å². The average Bonchev–Trinajstić information content (AvgIpc) is 2.35. The van der Waals surface area contributed by atoms with Crippen LogP contribution in [0.25, 0.3) is 0 Å². The maximum atomic E-state index is 5.88. The molecule has 0 saturated heterocycles. The van der Waals surface area contributed by atoms with Gasteiger partial charge in [-0.1, -0.05) is 0 Å². The smallest absolute Gasteiger partial charge is 0.160 e. The highest BCUT2D eigenvalue weighted by Gasteiger charge is 2.06. The van der Waals surface area contributed by atoms with Crippen molar-refractivity contribution in [3.63, 3.8) is 0 Å². The van der Waals surface area contributed by atoms with E-state index in [4.69, 9.17) is 5.73 Å². The van der Waals surface area contributed by atoms with Gasteiger partial charge in [-0.3, -0.25) is 0 Å². The van der Waals surface area contributed by atoms with E-state index in [2.05, 4.69) is 41.5 Å². The van der Waals surface area contributed by atoms with Crippen molar-refractivity contribution < 1.29 is 0 Å². The van der Waals surface area contributed by atoms with E-state index in [1.165, 1.54) is 6.33 Å². The summed E-state index contributed by atoms with van der Waals surface area (Å²) in [7, 11) is 1.75. The molecule has 0 bridgehead atoms. The molecular formula is C10H11BrN6. The van der Waals surface area contributed by atoms with E-state index in [-0.39, 0.29) is 0 Å². The lowest BCUT2D eigenvalue weighted by Crippen LogP contribution is -2.05. The Labute approximate surface area is 107 Å². The fraction of sp³-hybridized carbons (Fsp3) is 0.100. The predicted octanol–water partition coefficient (Wildman–Crippen LogP) is 2.00. The van der Waals surface area contributed by atoms with E-state index in [1.54, 1.807) is 13.2 Å². The third kappa shape index (κ3) is 2.62. The minimum atomic E-state index is 0.458. The topological polar surface area (TPSA) is 88.8 Å². The molecule has 4 N–H and O–H groups in total. The third-order valence-electron chi connectivity index (χ3n) is 2.09. The van der Waals surface area contributed by atoms with Crippen molar-refractivity contribution in [2.24, 2.45) is 0 Å². The Balaban J connectivity index is 2.27. The molecule has 0 amide bonds. The fourth-order valence-electron chi connectivity index (χ4n) is 1.27. The van der Waals surface area contributed by atoms with Gasteiger partial charge in [-0.2, -0.15) is 0 Å². The highest BCUT2D eigenvalue weighted by molar-refractivity contribution is 9.10. The van der Waals surface area contributed by atoms with Gasteiger partial charge in [-0.15, -0.1) is 0 Å². The molecule has 0 unspecified atom stereocenters. The Morgan fingerprint density at radius 2 is 1.94 bits per heavy atom. The minimum absolute atomic E-state index is 0.458. The summed E-state index contributed by atoms with van der Waals surface area (Å²) in [5.41, 5.74) is 6.34. The van der Waals surface area contributed by atoms with Crippen LogP contribution in [0.3, 0.4) is 0 Å². The van der Waals surface area contributed by atoms with Gasteiger partial charge in [-0.05, 0) is 28.1 Å². The largest absolute Gasteiger partial charge is 0.393 e. The second kappa shape index (κ2) is 4.96. The molecule has 0 spiro atoms. The van der Waals surface area contributed by atoms with Gasteiger partial charge in [0, 0.05) is 17.7 Å². The summed E-state index contributed by atoms with van der Waals surface area (Å²) in [6.45, 7) is 0. The molecule has 7 heteroatoms. The number of aromatic nitrogens is 3. The third-order valence-corrected chi connectivity index (χ3v) is 2.56. The van der Waals surface area contributed by atoms with Crippen molar-refractivity contribution in [1.29, 1.82) is 0 Å². The molecule has 0 radical (unpaired) electrons. The molecule has 0 fully saturated rings. The highest BCUT2D eigenvalue weighted by atomic mass is 79.9. The molecule has 2 aromatic rings. The van der Waals surface area contributed by atoms with Crippen molar-refractivity contribution in [3.8, 4) is 0 Å². The number of rotatable bonds is 3.